The minimum Gasteiger partial charge on any atom is -0.334 e. The minimum atomic E-state index is -3.21. The molecule has 4 rings (SSSR count). The molecule has 4 nitrogen and oxygen atoms in total. The lowest BCUT2D eigenvalue weighted by atomic mass is 10.2. The number of amides is 2. The molecule has 0 radical (unpaired) electrons. The van der Waals surface area contributed by atoms with Crippen LogP contribution in [0.4, 0.5) is 10.5 Å². The van der Waals surface area contributed by atoms with E-state index in [1.54, 1.807) is 18.2 Å². The summed E-state index contributed by atoms with van der Waals surface area (Å²) in [6.45, 7) is 0.347. The Morgan fingerprint density at radius 2 is 1.25 bits per heavy atom. The summed E-state index contributed by atoms with van der Waals surface area (Å²) < 4.78 is 14.6. The van der Waals surface area contributed by atoms with Crippen LogP contribution in [-0.4, -0.2) is 6.03 Å². The molecular formula is C26H22ClN2O2P. The summed E-state index contributed by atoms with van der Waals surface area (Å²) in [4.78, 5) is 12.7. The van der Waals surface area contributed by atoms with E-state index in [4.69, 9.17) is 11.6 Å². The van der Waals surface area contributed by atoms with Crippen LogP contribution in [0.5, 0.6) is 0 Å². The van der Waals surface area contributed by atoms with Gasteiger partial charge in [0.25, 0.3) is 0 Å². The molecule has 0 bridgehead atoms. The first-order valence-corrected chi connectivity index (χ1v) is 12.3. The lowest BCUT2D eigenvalue weighted by Crippen LogP contribution is -2.32. The van der Waals surface area contributed by atoms with E-state index in [1.807, 2.05) is 91.0 Å². The van der Waals surface area contributed by atoms with Crippen molar-refractivity contribution in [1.29, 1.82) is 0 Å². The van der Waals surface area contributed by atoms with Gasteiger partial charge in [-0.25, -0.2) is 4.79 Å². The van der Waals surface area contributed by atoms with Crippen LogP contribution in [-0.2, 0) is 11.1 Å². The molecule has 160 valence electrons. The molecule has 0 unspecified atom stereocenters. The highest BCUT2D eigenvalue weighted by Crippen LogP contribution is 2.44. The maximum atomic E-state index is 14.6. The second-order valence-corrected chi connectivity index (χ2v) is 10.4. The van der Waals surface area contributed by atoms with Crippen LogP contribution in [0.2, 0.25) is 5.02 Å². The Kier molecular flexibility index (Phi) is 6.75. The number of carbonyl (C=O) groups excluding carboxylic acids is 1. The monoisotopic (exact) mass is 460 g/mol. The largest absolute Gasteiger partial charge is 0.334 e. The van der Waals surface area contributed by atoms with Gasteiger partial charge in [0, 0.05) is 27.5 Å². The maximum absolute atomic E-state index is 14.6. The van der Waals surface area contributed by atoms with Crippen LogP contribution in [0.1, 0.15) is 5.56 Å². The van der Waals surface area contributed by atoms with Gasteiger partial charge in [-0.1, -0.05) is 96.5 Å². The van der Waals surface area contributed by atoms with Crippen molar-refractivity contribution in [3.05, 3.63) is 120 Å². The van der Waals surface area contributed by atoms with Crippen molar-refractivity contribution in [2.45, 2.75) is 6.54 Å². The first-order chi connectivity index (χ1) is 15.6. The number of urea groups is 1. The molecule has 0 saturated heterocycles. The van der Waals surface area contributed by atoms with Crippen molar-refractivity contribution in [2.24, 2.45) is 0 Å². The molecule has 0 aliphatic heterocycles. The van der Waals surface area contributed by atoms with Crippen molar-refractivity contribution >= 4 is 46.4 Å². The highest BCUT2D eigenvalue weighted by molar-refractivity contribution is 7.85. The first kappa shape index (κ1) is 21.9. The average Bonchev–Trinajstić information content (AvgIpc) is 2.85. The Morgan fingerprint density at radius 3 is 1.84 bits per heavy atom. The molecule has 0 aromatic heterocycles. The second kappa shape index (κ2) is 9.86. The normalized spacial score (nSPS) is 11.0. The quantitative estimate of drug-likeness (QED) is 0.383. The summed E-state index contributed by atoms with van der Waals surface area (Å²) >= 11 is 5.92. The predicted octanol–water partition coefficient (Wildman–Crippen LogP) is 5.30. The van der Waals surface area contributed by atoms with E-state index in [-0.39, 0.29) is 6.03 Å². The number of anilines is 1. The van der Waals surface area contributed by atoms with Crippen molar-refractivity contribution < 1.29 is 9.36 Å². The lowest BCUT2D eigenvalue weighted by molar-refractivity contribution is 0.252. The second-order valence-electron chi connectivity index (χ2n) is 7.23. The van der Waals surface area contributed by atoms with Gasteiger partial charge in [0.2, 0.25) is 0 Å². The van der Waals surface area contributed by atoms with Gasteiger partial charge in [-0.3, -0.25) is 0 Å². The molecule has 0 atom stereocenters. The van der Waals surface area contributed by atoms with Gasteiger partial charge in [0.05, 0.1) is 5.69 Å². The zero-order chi connectivity index (χ0) is 22.4. The van der Waals surface area contributed by atoms with Gasteiger partial charge in [0.1, 0.15) is 0 Å². The molecule has 32 heavy (non-hydrogen) atoms. The molecule has 2 amide bonds. The van der Waals surface area contributed by atoms with E-state index in [0.29, 0.717) is 33.2 Å². The number of para-hydroxylation sites is 1. The number of hydrogen-bond donors (Lipinski definition) is 2. The Hall–Kier alpha value is -3.33. The van der Waals surface area contributed by atoms with E-state index in [2.05, 4.69) is 10.6 Å². The molecule has 0 fully saturated rings. The molecule has 4 aromatic carbocycles. The summed E-state index contributed by atoms with van der Waals surface area (Å²) in [5.74, 6) is 0. The van der Waals surface area contributed by atoms with Crippen molar-refractivity contribution in [1.82, 2.24) is 5.32 Å². The number of rotatable bonds is 6. The molecule has 0 aliphatic carbocycles. The summed E-state index contributed by atoms with van der Waals surface area (Å²) in [5.41, 5.74) is 1.44. The highest BCUT2D eigenvalue weighted by Gasteiger charge is 2.32. The predicted molar refractivity (Wildman–Crippen MR) is 133 cm³/mol. The SMILES string of the molecule is O=C(NCc1ccc(Cl)cc1)Nc1ccccc1P(=O)(c1ccccc1)c1ccccc1. The van der Waals surface area contributed by atoms with Gasteiger partial charge < -0.3 is 15.2 Å². The highest BCUT2D eigenvalue weighted by atomic mass is 35.5. The number of nitrogens with one attached hydrogen (secondary N) is 2. The minimum absolute atomic E-state index is 0.347. The number of benzene rings is 4. The van der Waals surface area contributed by atoms with Crippen LogP contribution in [0.25, 0.3) is 0 Å². The number of carbonyl (C=O) groups is 1. The summed E-state index contributed by atoms with van der Waals surface area (Å²) in [6, 6.07) is 32.9. The van der Waals surface area contributed by atoms with Gasteiger partial charge in [0.15, 0.2) is 7.14 Å². The molecule has 0 spiro atoms. The molecular weight excluding hydrogens is 439 g/mol. The van der Waals surface area contributed by atoms with Crippen LogP contribution in [0, 0.1) is 0 Å². The Bertz CT molecular complexity index is 1200. The third-order valence-corrected chi connectivity index (χ3v) is 8.47. The van der Waals surface area contributed by atoms with Crippen molar-refractivity contribution in [3.63, 3.8) is 0 Å². The van der Waals surface area contributed by atoms with E-state index in [9.17, 15) is 9.36 Å². The third kappa shape index (κ3) is 4.77. The number of halogens is 1. The van der Waals surface area contributed by atoms with E-state index in [0.717, 1.165) is 5.56 Å². The zero-order valence-corrected chi connectivity index (χ0v) is 18.9. The fourth-order valence-electron chi connectivity index (χ4n) is 3.51. The Labute approximate surface area is 192 Å². The zero-order valence-electron chi connectivity index (χ0n) is 17.2. The lowest BCUT2D eigenvalue weighted by Gasteiger charge is -2.23. The Morgan fingerprint density at radius 1 is 0.719 bits per heavy atom. The summed E-state index contributed by atoms with van der Waals surface area (Å²) in [6.07, 6.45) is 0. The van der Waals surface area contributed by atoms with Crippen LogP contribution in [0.3, 0.4) is 0 Å². The average molecular weight is 461 g/mol. The topological polar surface area (TPSA) is 58.2 Å². The fraction of sp³-hybridized carbons (Fsp3) is 0.0385. The van der Waals surface area contributed by atoms with Crippen LogP contribution in [0.15, 0.2) is 109 Å². The standard InChI is InChI=1S/C26H22ClN2O2P/c27-21-17-15-20(16-18-21)19-28-26(30)29-24-13-7-8-14-25(24)32(31,22-9-3-1-4-10-22)23-11-5-2-6-12-23/h1-18H,19H2,(H2,28,29,30). The van der Waals surface area contributed by atoms with Gasteiger partial charge in [-0.15, -0.1) is 0 Å². The van der Waals surface area contributed by atoms with Crippen molar-refractivity contribution in [3.8, 4) is 0 Å². The summed E-state index contributed by atoms with van der Waals surface area (Å²) in [5, 5.41) is 8.38. The molecule has 4 aromatic rings. The van der Waals surface area contributed by atoms with Crippen LogP contribution < -0.4 is 26.5 Å². The first-order valence-electron chi connectivity index (χ1n) is 10.2. The number of hydrogen-bond acceptors (Lipinski definition) is 2. The summed E-state index contributed by atoms with van der Waals surface area (Å²) in [7, 11) is -3.21. The van der Waals surface area contributed by atoms with Crippen LogP contribution >= 0.6 is 18.7 Å². The maximum Gasteiger partial charge on any atom is 0.319 e. The van der Waals surface area contributed by atoms with Gasteiger partial charge in [-0.05, 0) is 29.8 Å². The Balaban J connectivity index is 1.65. The molecule has 0 aliphatic rings. The van der Waals surface area contributed by atoms with Gasteiger partial charge >= 0.3 is 6.03 Å². The molecule has 0 heterocycles. The molecule has 6 heteroatoms. The van der Waals surface area contributed by atoms with E-state index < -0.39 is 7.14 Å². The molecule has 0 saturated carbocycles. The van der Waals surface area contributed by atoms with E-state index >= 15 is 0 Å². The fourth-order valence-corrected chi connectivity index (χ4v) is 6.44. The van der Waals surface area contributed by atoms with Crippen molar-refractivity contribution in [2.75, 3.05) is 5.32 Å². The van der Waals surface area contributed by atoms with Gasteiger partial charge in [-0.2, -0.15) is 0 Å². The smallest absolute Gasteiger partial charge is 0.319 e. The van der Waals surface area contributed by atoms with E-state index in [1.165, 1.54) is 0 Å². The molecule has 2 N–H and O–H groups in total. The third-order valence-electron chi connectivity index (χ3n) is 5.10.